The zero-order valence-electron chi connectivity index (χ0n) is 13.6. The number of piperazine rings is 1. The van der Waals surface area contributed by atoms with Crippen molar-refractivity contribution in [1.29, 1.82) is 0 Å². The highest BCUT2D eigenvalue weighted by Crippen LogP contribution is 2.45. The van der Waals surface area contributed by atoms with E-state index in [4.69, 9.17) is 14.2 Å². The number of hydrogen-bond acceptors (Lipinski definition) is 5. The predicted octanol–water partition coefficient (Wildman–Crippen LogP) is 3.17. The molecule has 0 amide bonds. The van der Waals surface area contributed by atoms with Crippen LogP contribution < -0.4 is 19.5 Å². The number of halogens is 5. The summed E-state index contributed by atoms with van der Waals surface area (Å²) in [6.07, 6.45) is -5.16. The van der Waals surface area contributed by atoms with Crippen LogP contribution in [0.2, 0.25) is 0 Å². The van der Waals surface area contributed by atoms with E-state index in [2.05, 4.69) is 5.32 Å². The molecule has 2 aliphatic rings. The summed E-state index contributed by atoms with van der Waals surface area (Å²) in [7, 11) is 1.46. The highest BCUT2D eigenvalue weighted by Gasteiger charge is 2.37. The fraction of sp³-hybridized carbons (Fsp3) is 0.600. The first kappa shape index (κ1) is 22.0. The first-order chi connectivity index (χ1) is 11.0. The van der Waals surface area contributed by atoms with Gasteiger partial charge in [-0.2, -0.15) is 13.2 Å². The predicted molar refractivity (Wildman–Crippen MR) is 91.5 cm³/mol. The Balaban J connectivity index is 0.00000156. The molecular weight excluding hydrogens is 384 g/mol. The van der Waals surface area contributed by atoms with E-state index >= 15 is 0 Å². The fourth-order valence-electron chi connectivity index (χ4n) is 3.01. The van der Waals surface area contributed by atoms with Crippen molar-refractivity contribution in [1.82, 2.24) is 10.2 Å². The van der Waals surface area contributed by atoms with E-state index in [1.54, 1.807) is 12.1 Å². The van der Waals surface area contributed by atoms with Gasteiger partial charge < -0.3 is 19.5 Å². The average Bonchev–Trinajstić information content (AvgIpc) is 3.00. The Bertz CT molecular complexity index is 570. The summed E-state index contributed by atoms with van der Waals surface area (Å²) in [6.45, 7) is 2.54. The molecule has 5 nitrogen and oxygen atoms in total. The molecule has 1 aromatic rings. The average molecular weight is 405 g/mol. The molecular formula is C15H21Cl2F3N2O3. The highest BCUT2D eigenvalue weighted by atomic mass is 35.5. The molecule has 1 N–H and O–H groups in total. The minimum absolute atomic E-state index is 0. The van der Waals surface area contributed by atoms with Crippen LogP contribution in [0.5, 0.6) is 17.2 Å². The lowest BCUT2D eigenvalue weighted by Crippen LogP contribution is -2.46. The standard InChI is InChI=1S/C15H19F3N2O3.2ClH/c1-21-12-6-10(7-13-14(12)23-9-22-13)11(8-15(16,17)18)20-4-2-19-3-5-20;;/h6-7,11,19H,2-5,8-9H2,1H3;2*1H/t11-;;/m1../s1. The fourth-order valence-corrected chi connectivity index (χ4v) is 3.01. The Kier molecular flexibility index (Phi) is 7.92. The second-order valence-corrected chi connectivity index (χ2v) is 5.58. The van der Waals surface area contributed by atoms with Crippen LogP contribution in [-0.4, -0.2) is 51.2 Å². The smallest absolute Gasteiger partial charge is 0.390 e. The Hall–Kier alpha value is -1.09. The molecule has 0 spiro atoms. The van der Waals surface area contributed by atoms with Crippen LogP contribution >= 0.6 is 24.8 Å². The van der Waals surface area contributed by atoms with E-state index in [0.29, 0.717) is 49.0 Å². The van der Waals surface area contributed by atoms with Crippen LogP contribution in [0, 0.1) is 0 Å². The number of nitrogens with one attached hydrogen (secondary N) is 1. The van der Waals surface area contributed by atoms with Gasteiger partial charge in [0.2, 0.25) is 12.5 Å². The molecule has 0 radical (unpaired) electrons. The van der Waals surface area contributed by atoms with Gasteiger partial charge in [-0.15, -0.1) is 24.8 Å². The maximum absolute atomic E-state index is 13.1. The van der Waals surface area contributed by atoms with Gasteiger partial charge in [0.15, 0.2) is 11.5 Å². The molecule has 2 heterocycles. The van der Waals surface area contributed by atoms with E-state index in [9.17, 15) is 13.2 Å². The largest absolute Gasteiger partial charge is 0.493 e. The SMILES string of the molecule is COc1cc([C@@H](CC(F)(F)F)N2CCNCC2)cc2c1OCO2.Cl.Cl. The number of benzene rings is 1. The minimum Gasteiger partial charge on any atom is -0.493 e. The van der Waals surface area contributed by atoms with Crippen LogP contribution in [0.25, 0.3) is 0 Å². The molecule has 1 fully saturated rings. The van der Waals surface area contributed by atoms with Crippen molar-refractivity contribution in [2.75, 3.05) is 40.1 Å². The summed E-state index contributed by atoms with van der Waals surface area (Å²) in [6, 6.07) is 2.48. The molecule has 2 aliphatic heterocycles. The number of fused-ring (bicyclic) bond motifs is 1. The Labute approximate surface area is 156 Å². The van der Waals surface area contributed by atoms with Crippen LogP contribution in [0.15, 0.2) is 12.1 Å². The van der Waals surface area contributed by atoms with E-state index in [1.165, 1.54) is 7.11 Å². The lowest BCUT2D eigenvalue weighted by atomic mass is 9.99. The molecule has 0 unspecified atom stereocenters. The molecule has 0 bridgehead atoms. The number of nitrogens with zero attached hydrogens (tertiary/aromatic N) is 1. The van der Waals surface area contributed by atoms with Crippen molar-refractivity contribution in [3.8, 4) is 17.2 Å². The maximum atomic E-state index is 13.1. The maximum Gasteiger partial charge on any atom is 0.390 e. The van der Waals surface area contributed by atoms with Crippen LogP contribution in [-0.2, 0) is 0 Å². The van der Waals surface area contributed by atoms with Gasteiger partial charge in [0.05, 0.1) is 13.5 Å². The molecule has 3 rings (SSSR count). The third-order valence-electron chi connectivity index (χ3n) is 4.08. The number of ether oxygens (including phenoxy) is 3. The first-order valence-electron chi connectivity index (χ1n) is 7.47. The second kappa shape index (κ2) is 9.02. The third kappa shape index (κ3) is 5.20. The molecule has 1 aromatic carbocycles. The summed E-state index contributed by atoms with van der Waals surface area (Å²) in [5.74, 6) is 1.28. The molecule has 0 aromatic heterocycles. The summed E-state index contributed by atoms with van der Waals surface area (Å²) in [5.41, 5.74) is 0.533. The molecule has 1 atom stereocenters. The molecule has 144 valence electrons. The van der Waals surface area contributed by atoms with Crippen LogP contribution in [0.3, 0.4) is 0 Å². The van der Waals surface area contributed by atoms with Gasteiger partial charge in [-0.3, -0.25) is 4.90 Å². The van der Waals surface area contributed by atoms with Gasteiger partial charge in [-0.05, 0) is 17.7 Å². The van der Waals surface area contributed by atoms with Crippen molar-refractivity contribution < 1.29 is 27.4 Å². The molecule has 0 aliphatic carbocycles. The van der Waals surface area contributed by atoms with Crippen molar-refractivity contribution in [2.45, 2.75) is 18.6 Å². The van der Waals surface area contributed by atoms with Gasteiger partial charge in [0, 0.05) is 32.2 Å². The first-order valence-corrected chi connectivity index (χ1v) is 7.47. The number of alkyl halides is 3. The number of hydrogen-bond donors (Lipinski definition) is 1. The van der Waals surface area contributed by atoms with Crippen LogP contribution in [0.4, 0.5) is 13.2 Å². The van der Waals surface area contributed by atoms with Crippen LogP contribution in [0.1, 0.15) is 18.0 Å². The van der Waals surface area contributed by atoms with Crippen molar-refractivity contribution in [3.05, 3.63) is 17.7 Å². The van der Waals surface area contributed by atoms with Gasteiger partial charge in [-0.25, -0.2) is 0 Å². The third-order valence-corrected chi connectivity index (χ3v) is 4.08. The Morgan fingerprint density at radius 1 is 1.20 bits per heavy atom. The van der Waals surface area contributed by atoms with E-state index in [1.807, 2.05) is 4.90 Å². The topological polar surface area (TPSA) is 43.0 Å². The molecule has 1 saturated heterocycles. The summed E-state index contributed by atoms with van der Waals surface area (Å²) >= 11 is 0. The quantitative estimate of drug-likeness (QED) is 0.834. The van der Waals surface area contributed by atoms with E-state index < -0.39 is 18.6 Å². The van der Waals surface area contributed by atoms with Gasteiger partial charge in [0.1, 0.15) is 0 Å². The molecule has 0 saturated carbocycles. The number of rotatable bonds is 4. The molecule has 10 heteroatoms. The Morgan fingerprint density at radius 3 is 2.48 bits per heavy atom. The second-order valence-electron chi connectivity index (χ2n) is 5.58. The zero-order valence-corrected chi connectivity index (χ0v) is 15.2. The Morgan fingerprint density at radius 2 is 1.88 bits per heavy atom. The van der Waals surface area contributed by atoms with Crippen molar-refractivity contribution >= 4 is 24.8 Å². The summed E-state index contributed by atoms with van der Waals surface area (Å²) in [5, 5.41) is 3.16. The normalized spacial score (nSPS) is 18.1. The monoisotopic (exact) mass is 404 g/mol. The van der Waals surface area contributed by atoms with Crippen molar-refractivity contribution in [3.63, 3.8) is 0 Å². The zero-order chi connectivity index (χ0) is 16.4. The molecule has 25 heavy (non-hydrogen) atoms. The summed E-state index contributed by atoms with van der Waals surface area (Å²) < 4.78 is 55.1. The lowest BCUT2D eigenvalue weighted by Gasteiger charge is -2.35. The van der Waals surface area contributed by atoms with Gasteiger partial charge >= 0.3 is 6.18 Å². The van der Waals surface area contributed by atoms with Gasteiger partial charge in [0.25, 0.3) is 0 Å². The summed E-state index contributed by atoms with van der Waals surface area (Å²) in [4.78, 5) is 1.85. The van der Waals surface area contributed by atoms with E-state index in [-0.39, 0.29) is 31.6 Å². The lowest BCUT2D eigenvalue weighted by molar-refractivity contribution is -0.148. The van der Waals surface area contributed by atoms with E-state index in [0.717, 1.165) is 0 Å². The minimum atomic E-state index is -4.25. The van der Waals surface area contributed by atoms with Crippen molar-refractivity contribution in [2.24, 2.45) is 0 Å². The van der Waals surface area contributed by atoms with Gasteiger partial charge in [-0.1, -0.05) is 0 Å². The highest BCUT2D eigenvalue weighted by molar-refractivity contribution is 5.85. The number of methoxy groups -OCH3 is 1.